The van der Waals surface area contributed by atoms with Gasteiger partial charge in [0.1, 0.15) is 0 Å². The molecule has 0 fully saturated rings. The zero-order valence-electron chi connectivity index (χ0n) is 22.0. The standard InChI is InChI=1S/C25H54N2O3/c1-22(2,3)26-16-12-11-13-18-30-25(9,10)15-14-24(7,8)27-17-19-28-20-21-29-23(4,5)6/h26-27H,11-21H2,1-10H3. The molecule has 0 spiro atoms. The van der Waals surface area contributed by atoms with Crippen molar-refractivity contribution >= 4 is 0 Å². The van der Waals surface area contributed by atoms with E-state index < -0.39 is 0 Å². The van der Waals surface area contributed by atoms with E-state index in [1.807, 2.05) is 0 Å². The van der Waals surface area contributed by atoms with E-state index in [-0.39, 0.29) is 22.3 Å². The van der Waals surface area contributed by atoms with Crippen molar-refractivity contribution in [3.63, 3.8) is 0 Å². The Labute approximate surface area is 188 Å². The first-order valence-electron chi connectivity index (χ1n) is 12.0. The van der Waals surface area contributed by atoms with Crippen molar-refractivity contribution in [2.75, 3.05) is 39.5 Å². The van der Waals surface area contributed by atoms with Crippen molar-refractivity contribution in [3.05, 3.63) is 0 Å². The summed E-state index contributed by atoms with van der Waals surface area (Å²) < 4.78 is 17.5. The summed E-state index contributed by atoms with van der Waals surface area (Å²) in [5, 5.41) is 7.15. The summed E-state index contributed by atoms with van der Waals surface area (Å²) in [6.07, 6.45) is 5.67. The van der Waals surface area contributed by atoms with Crippen molar-refractivity contribution in [1.29, 1.82) is 0 Å². The lowest BCUT2D eigenvalue weighted by atomic mass is 9.91. The molecule has 5 nitrogen and oxygen atoms in total. The van der Waals surface area contributed by atoms with Crippen LogP contribution in [0.1, 0.15) is 101 Å². The zero-order valence-corrected chi connectivity index (χ0v) is 22.0. The first kappa shape index (κ1) is 29.8. The fraction of sp³-hybridized carbons (Fsp3) is 1.00. The van der Waals surface area contributed by atoms with Crippen LogP contribution in [-0.4, -0.2) is 61.8 Å². The van der Waals surface area contributed by atoms with Crippen LogP contribution in [0.2, 0.25) is 0 Å². The van der Waals surface area contributed by atoms with Gasteiger partial charge in [0, 0.05) is 24.2 Å². The quantitative estimate of drug-likeness (QED) is 0.306. The molecule has 0 amide bonds. The lowest BCUT2D eigenvalue weighted by Crippen LogP contribution is -2.43. The number of hydrogen-bond acceptors (Lipinski definition) is 5. The molecule has 0 aliphatic rings. The summed E-state index contributed by atoms with van der Waals surface area (Å²) in [5.41, 5.74) is 0.113. The van der Waals surface area contributed by atoms with E-state index in [0.717, 1.165) is 39.0 Å². The van der Waals surface area contributed by atoms with E-state index in [4.69, 9.17) is 14.2 Å². The fourth-order valence-corrected chi connectivity index (χ4v) is 2.96. The molecule has 0 saturated heterocycles. The molecule has 0 heterocycles. The molecule has 30 heavy (non-hydrogen) atoms. The summed E-state index contributed by atoms with van der Waals surface area (Å²) in [7, 11) is 0. The molecule has 0 radical (unpaired) electrons. The molecule has 0 aromatic rings. The molecule has 0 rings (SSSR count). The Morgan fingerprint density at radius 1 is 0.567 bits per heavy atom. The summed E-state index contributed by atoms with van der Waals surface area (Å²) >= 11 is 0. The second-order valence-corrected chi connectivity index (χ2v) is 11.7. The lowest BCUT2D eigenvalue weighted by molar-refractivity contribution is -0.0360. The summed E-state index contributed by atoms with van der Waals surface area (Å²) in [4.78, 5) is 0. The van der Waals surface area contributed by atoms with Crippen molar-refractivity contribution in [3.8, 4) is 0 Å². The van der Waals surface area contributed by atoms with Gasteiger partial charge in [0.25, 0.3) is 0 Å². The maximum atomic E-state index is 6.18. The van der Waals surface area contributed by atoms with Crippen LogP contribution in [0.25, 0.3) is 0 Å². The third-order valence-electron chi connectivity index (χ3n) is 4.93. The average Bonchev–Trinajstić information content (AvgIpc) is 2.56. The highest BCUT2D eigenvalue weighted by molar-refractivity contribution is 4.82. The molecule has 182 valence electrons. The van der Waals surface area contributed by atoms with Gasteiger partial charge in [-0.1, -0.05) is 0 Å². The molecule has 5 heteroatoms. The van der Waals surface area contributed by atoms with Crippen LogP contribution >= 0.6 is 0 Å². The van der Waals surface area contributed by atoms with E-state index in [0.29, 0.717) is 19.8 Å². The van der Waals surface area contributed by atoms with Gasteiger partial charge >= 0.3 is 0 Å². The number of nitrogens with one attached hydrogen (secondary N) is 2. The van der Waals surface area contributed by atoms with E-state index >= 15 is 0 Å². The van der Waals surface area contributed by atoms with Crippen LogP contribution in [0.5, 0.6) is 0 Å². The largest absolute Gasteiger partial charge is 0.378 e. The highest BCUT2D eigenvalue weighted by atomic mass is 16.5. The Morgan fingerprint density at radius 2 is 1.23 bits per heavy atom. The number of unbranched alkanes of at least 4 members (excludes halogenated alkanes) is 2. The Morgan fingerprint density at radius 3 is 1.83 bits per heavy atom. The second-order valence-electron chi connectivity index (χ2n) is 11.7. The van der Waals surface area contributed by atoms with Gasteiger partial charge in [0.15, 0.2) is 0 Å². The Bertz CT molecular complexity index is 383. The molecular weight excluding hydrogens is 376 g/mol. The third-order valence-corrected chi connectivity index (χ3v) is 4.93. The first-order valence-corrected chi connectivity index (χ1v) is 12.0. The number of ether oxygens (including phenoxy) is 3. The van der Waals surface area contributed by atoms with Gasteiger partial charge in [-0.2, -0.15) is 0 Å². The predicted molar refractivity (Wildman–Crippen MR) is 129 cm³/mol. The van der Waals surface area contributed by atoms with Crippen molar-refractivity contribution in [2.45, 2.75) is 124 Å². The van der Waals surface area contributed by atoms with E-state index in [9.17, 15) is 0 Å². The molecule has 0 atom stereocenters. The third kappa shape index (κ3) is 21.0. The zero-order chi connectivity index (χ0) is 23.3. The van der Waals surface area contributed by atoms with Crippen LogP contribution in [0.15, 0.2) is 0 Å². The van der Waals surface area contributed by atoms with E-state index in [2.05, 4.69) is 79.9 Å². The summed E-state index contributed by atoms with van der Waals surface area (Å²) in [5.74, 6) is 0. The van der Waals surface area contributed by atoms with Crippen LogP contribution in [0.3, 0.4) is 0 Å². The van der Waals surface area contributed by atoms with Gasteiger partial charge in [0.05, 0.1) is 31.0 Å². The molecule has 0 saturated carbocycles. The highest BCUT2D eigenvalue weighted by Crippen LogP contribution is 2.22. The van der Waals surface area contributed by atoms with E-state index in [1.54, 1.807) is 0 Å². The van der Waals surface area contributed by atoms with Gasteiger partial charge in [-0.3, -0.25) is 0 Å². The minimum absolute atomic E-state index is 0.0739. The van der Waals surface area contributed by atoms with Crippen LogP contribution < -0.4 is 10.6 Å². The average molecular weight is 431 g/mol. The van der Waals surface area contributed by atoms with Crippen molar-refractivity contribution < 1.29 is 14.2 Å². The second kappa shape index (κ2) is 14.1. The van der Waals surface area contributed by atoms with Gasteiger partial charge in [-0.15, -0.1) is 0 Å². The molecule has 0 unspecified atom stereocenters. The summed E-state index contributed by atoms with van der Waals surface area (Å²) in [6.45, 7) is 26.6. The molecule has 0 aromatic carbocycles. The summed E-state index contributed by atoms with van der Waals surface area (Å²) in [6, 6.07) is 0. The number of rotatable bonds is 17. The maximum Gasteiger partial charge on any atom is 0.0707 e. The van der Waals surface area contributed by atoms with Crippen LogP contribution in [-0.2, 0) is 14.2 Å². The number of hydrogen-bond donors (Lipinski definition) is 2. The topological polar surface area (TPSA) is 51.8 Å². The van der Waals surface area contributed by atoms with Crippen LogP contribution in [0.4, 0.5) is 0 Å². The Hall–Kier alpha value is -0.200. The first-order chi connectivity index (χ1) is 13.6. The van der Waals surface area contributed by atoms with Crippen LogP contribution in [0, 0.1) is 0 Å². The smallest absolute Gasteiger partial charge is 0.0707 e. The molecule has 0 aliphatic carbocycles. The Balaban J connectivity index is 3.80. The molecule has 2 N–H and O–H groups in total. The van der Waals surface area contributed by atoms with E-state index in [1.165, 1.54) is 12.8 Å². The SMILES string of the molecule is CC(C)(C)NCCCCCOC(C)(C)CCC(C)(C)NCCOCCOC(C)(C)C. The van der Waals surface area contributed by atoms with Gasteiger partial charge in [-0.25, -0.2) is 0 Å². The van der Waals surface area contributed by atoms with Crippen molar-refractivity contribution in [2.24, 2.45) is 0 Å². The minimum atomic E-state index is -0.0953. The van der Waals surface area contributed by atoms with Crippen molar-refractivity contribution in [1.82, 2.24) is 10.6 Å². The highest BCUT2D eigenvalue weighted by Gasteiger charge is 2.24. The normalized spacial score (nSPS) is 13.8. The molecule has 0 bridgehead atoms. The lowest BCUT2D eigenvalue weighted by Gasteiger charge is -2.32. The molecular formula is C25H54N2O3. The maximum absolute atomic E-state index is 6.18. The van der Waals surface area contributed by atoms with Gasteiger partial charge < -0.3 is 24.8 Å². The molecule has 0 aliphatic heterocycles. The Kier molecular flexibility index (Phi) is 14.0. The fourth-order valence-electron chi connectivity index (χ4n) is 2.96. The monoisotopic (exact) mass is 430 g/mol. The predicted octanol–water partition coefficient (Wildman–Crippen LogP) is 5.32. The minimum Gasteiger partial charge on any atom is -0.378 e. The molecule has 0 aromatic heterocycles. The van der Waals surface area contributed by atoms with Gasteiger partial charge in [-0.05, 0) is 108 Å². The van der Waals surface area contributed by atoms with Gasteiger partial charge in [0.2, 0.25) is 0 Å².